The summed E-state index contributed by atoms with van der Waals surface area (Å²) >= 11 is 1.44. The van der Waals surface area contributed by atoms with Gasteiger partial charge in [-0.15, -0.1) is 11.3 Å². The van der Waals surface area contributed by atoms with Gasteiger partial charge in [-0.05, 0) is 45.6 Å². The molecule has 0 spiro atoms. The number of thiazole rings is 1. The Morgan fingerprint density at radius 1 is 1.32 bits per heavy atom. The molecule has 102 valence electrons. The monoisotopic (exact) mass is 277 g/mol. The highest BCUT2D eigenvalue weighted by Crippen LogP contribution is 2.21. The quantitative estimate of drug-likeness (QED) is 0.825. The number of hydrogen-bond donors (Lipinski definition) is 1. The fraction of sp³-hybridized carbons (Fsp3) is 0.429. The van der Waals surface area contributed by atoms with Gasteiger partial charge in [0.15, 0.2) is 5.01 Å². The molecule has 1 N–H and O–H groups in total. The second-order valence-corrected chi connectivity index (χ2v) is 5.78. The van der Waals surface area contributed by atoms with Gasteiger partial charge in [0.05, 0.1) is 10.2 Å². The Morgan fingerprint density at radius 2 is 2.11 bits per heavy atom. The molecule has 0 aliphatic carbocycles. The van der Waals surface area contributed by atoms with E-state index in [4.69, 9.17) is 0 Å². The highest BCUT2D eigenvalue weighted by Gasteiger charge is 2.10. The smallest absolute Gasteiger partial charge is 0.280 e. The summed E-state index contributed by atoms with van der Waals surface area (Å²) in [6.45, 7) is 1.76. The van der Waals surface area contributed by atoms with Crippen LogP contribution >= 0.6 is 11.3 Å². The molecule has 19 heavy (non-hydrogen) atoms. The van der Waals surface area contributed by atoms with Gasteiger partial charge in [-0.3, -0.25) is 4.79 Å². The molecule has 1 amide bonds. The lowest BCUT2D eigenvalue weighted by Gasteiger charge is -2.08. The van der Waals surface area contributed by atoms with E-state index >= 15 is 0 Å². The van der Waals surface area contributed by atoms with Crippen LogP contribution in [0.1, 0.15) is 22.6 Å². The number of amides is 1. The van der Waals surface area contributed by atoms with E-state index in [1.54, 1.807) is 0 Å². The number of hydrogen-bond acceptors (Lipinski definition) is 4. The summed E-state index contributed by atoms with van der Waals surface area (Å²) in [7, 11) is 4.11. The zero-order chi connectivity index (χ0) is 13.7. The van der Waals surface area contributed by atoms with Crippen LogP contribution in [0.4, 0.5) is 0 Å². The molecule has 1 aromatic heterocycles. The molecule has 2 rings (SSSR count). The second kappa shape index (κ2) is 6.63. The average Bonchev–Trinajstić information content (AvgIpc) is 2.81. The van der Waals surface area contributed by atoms with Crippen LogP contribution in [0.25, 0.3) is 10.2 Å². The van der Waals surface area contributed by atoms with Crippen molar-refractivity contribution in [2.75, 3.05) is 27.2 Å². The number of unbranched alkanes of at least 4 members (excludes halogenated alkanes) is 1. The van der Waals surface area contributed by atoms with E-state index in [1.807, 2.05) is 24.3 Å². The molecular formula is C14H19N3OS. The van der Waals surface area contributed by atoms with E-state index in [2.05, 4.69) is 29.3 Å². The topological polar surface area (TPSA) is 45.2 Å². The standard InChI is InChI=1S/C14H19N3OS/c1-17(2)10-6-5-9-15-13(18)14-16-11-7-3-4-8-12(11)19-14/h3-4,7-8H,5-6,9-10H2,1-2H3,(H,15,18). The lowest BCUT2D eigenvalue weighted by molar-refractivity contribution is 0.0952. The fourth-order valence-corrected chi connectivity index (χ4v) is 2.68. The number of para-hydroxylation sites is 1. The third kappa shape index (κ3) is 4.01. The fourth-order valence-electron chi connectivity index (χ4n) is 1.80. The van der Waals surface area contributed by atoms with Crippen LogP contribution in [-0.2, 0) is 0 Å². The predicted octanol–water partition coefficient (Wildman–Crippen LogP) is 2.37. The summed E-state index contributed by atoms with van der Waals surface area (Å²) in [6.07, 6.45) is 2.09. The third-order valence-electron chi connectivity index (χ3n) is 2.81. The summed E-state index contributed by atoms with van der Waals surface area (Å²) < 4.78 is 1.06. The zero-order valence-corrected chi connectivity index (χ0v) is 12.2. The van der Waals surface area contributed by atoms with Gasteiger partial charge in [0, 0.05) is 6.54 Å². The molecule has 0 aliphatic heterocycles. The minimum absolute atomic E-state index is 0.0638. The van der Waals surface area contributed by atoms with Gasteiger partial charge in [-0.2, -0.15) is 0 Å². The largest absolute Gasteiger partial charge is 0.350 e. The molecule has 0 bridgehead atoms. The minimum atomic E-state index is -0.0638. The van der Waals surface area contributed by atoms with Crippen molar-refractivity contribution in [3.63, 3.8) is 0 Å². The third-order valence-corrected chi connectivity index (χ3v) is 3.84. The summed E-state index contributed by atoms with van der Waals surface area (Å²) in [4.78, 5) is 18.4. The Hall–Kier alpha value is -1.46. The van der Waals surface area contributed by atoms with Crippen molar-refractivity contribution in [3.8, 4) is 0 Å². The van der Waals surface area contributed by atoms with E-state index in [0.29, 0.717) is 11.6 Å². The molecule has 0 saturated heterocycles. The van der Waals surface area contributed by atoms with E-state index in [9.17, 15) is 4.79 Å². The molecule has 0 unspecified atom stereocenters. The highest BCUT2D eigenvalue weighted by atomic mass is 32.1. The van der Waals surface area contributed by atoms with Crippen molar-refractivity contribution in [2.24, 2.45) is 0 Å². The Bertz CT molecular complexity index is 517. The minimum Gasteiger partial charge on any atom is -0.350 e. The van der Waals surface area contributed by atoms with Gasteiger partial charge in [0.25, 0.3) is 5.91 Å². The van der Waals surface area contributed by atoms with E-state index < -0.39 is 0 Å². The lowest BCUT2D eigenvalue weighted by atomic mass is 10.3. The second-order valence-electron chi connectivity index (χ2n) is 4.75. The van der Waals surface area contributed by atoms with E-state index in [0.717, 1.165) is 29.6 Å². The van der Waals surface area contributed by atoms with Crippen LogP contribution in [0.2, 0.25) is 0 Å². The zero-order valence-electron chi connectivity index (χ0n) is 11.3. The van der Waals surface area contributed by atoms with Crippen LogP contribution in [0.3, 0.4) is 0 Å². The maximum Gasteiger partial charge on any atom is 0.280 e. The summed E-state index contributed by atoms with van der Waals surface area (Å²) in [5, 5.41) is 3.47. The molecule has 0 saturated carbocycles. The first-order chi connectivity index (χ1) is 9.16. The van der Waals surface area contributed by atoms with E-state index in [-0.39, 0.29) is 5.91 Å². The van der Waals surface area contributed by atoms with Crippen LogP contribution in [-0.4, -0.2) is 43.0 Å². The number of rotatable bonds is 6. The molecule has 1 heterocycles. The van der Waals surface area contributed by atoms with Gasteiger partial charge in [0.2, 0.25) is 0 Å². The number of nitrogens with zero attached hydrogens (tertiary/aromatic N) is 2. The Morgan fingerprint density at radius 3 is 2.84 bits per heavy atom. The number of carbonyl (C=O) groups excluding carboxylic acids is 1. The predicted molar refractivity (Wildman–Crippen MR) is 79.7 cm³/mol. The molecule has 0 radical (unpaired) electrons. The first-order valence-electron chi connectivity index (χ1n) is 6.45. The SMILES string of the molecule is CN(C)CCCCNC(=O)c1nc2ccccc2s1. The van der Waals surface area contributed by atoms with Crippen molar-refractivity contribution in [2.45, 2.75) is 12.8 Å². The molecule has 4 nitrogen and oxygen atoms in total. The highest BCUT2D eigenvalue weighted by molar-refractivity contribution is 7.20. The van der Waals surface area contributed by atoms with Crippen molar-refractivity contribution >= 4 is 27.5 Å². The molecule has 0 atom stereocenters. The van der Waals surface area contributed by atoms with Gasteiger partial charge in [-0.25, -0.2) is 4.98 Å². The van der Waals surface area contributed by atoms with Gasteiger partial charge < -0.3 is 10.2 Å². The van der Waals surface area contributed by atoms with Crippen molar-refractivity contribution in [1.82, 2.24) is 15.2 Å². The lowest BCUT2D eigenvalue weighted by Crippen LogP contribution is -2.25. The number of aromatic nitrogens is 1. The van der Waals surface area contributed by atoms with Crippen molar-refractivity contribution < 1.29 is 4.79 Å². The molecule has 2 aromatic rings. The number of nitrogens with one attached hydrogen (secondary N) is 1. The molecule has 0 aliphatic rings. The van der Waals surface area contributed by atoms with Crippen LogP contribution in [0.5, 0.6) is 0 Å². The average molecular weight is 277 g/mol. The maximum atomic E-state index is 11.9. The molecular weight excluding hydrogens is 258 g/mol. The normalized spacial score (nSPS) is 11.1. The Balaban J connectivity index is 1.83. The molecule has 1 aromatic carbocycles. The summed E-state index contributed by atoms with van der Waals surface area (Å²) in [5.74, 6) is -0.0638. The number of fused-ring (bicyclic) bond motifs is 1. The van der Waals surface area contributed by atoms with Crippen LogP contribution in [0, 0.1) is 0 Å². The van der Waals surface area contributed by atoms with Gasteiger partial charge in [0.1, 0.15) is 0 Å². The van der Waals surface area contributed by atoms with Crippen molar-refractivity contribution in [3.05, 3.63) is 29.3 Å². The van der Waals surface area contributed by atoms with Gasteiger partial charge >= 0.3 is 0 Å². The van der Waals surface area contributed by atoms with Crippen LogP contribution in [0.15, 0.2) is 24.3 Å². The maximum absolute atomic E-state index is 11.9. The van der Waals surface area contributed by atoms with E-state index in [1.165, 1.54) is 11.3 Å². The first kappa shape index (κ1) is 14.0. The van der Waals surface area contributed by atoms with Crippen LogP contribution < -0.4 is 5.32 Å². The number of carbonyl (C=O) groups is 1. The Labute approximate surface area is 117 Å². The molecule has 0 fully saturated rings. The number of benzene rings is 1. The molecule has 5 heteroatoms. The summed E-state index contributed by atoms with van der Waals surface area (Å²) in [5.41, 5.74) is 0.894. The van der Waals surface area contributed by atoms with Crippen molar-refractivity contribution in [1.29, 1.82) is 0 Å². The first-order valence-corrected chi connectivity index (χ1v) is 7.27. The van der Waals surface area contributed by atoms with Gasteiger partial charge in [-0.1, -0.05) is 12.1 Å². The Kier molecular flexibility index (Phi) is 4.87. The summed E-state index contributed by atoms with van der Waals surface area (Å²) in [6, 6.07) is 7.81.